The van der Waals surface area contributed by atoms with Crippen molar-refractivity contribution in [3.05, 3.63) is 23.3 Å². The minimum atomic E-state index is -3.75. The molecular formula is C12H19N3O3S. The number of hydrogen-bond acceptors (Lipinski definition) is 4. The number of carbonyl (C=O) groups excluding carboxylic acids is 1. The first-order valence-corrected chi connectivity index (χ1v) is 7.29. The number of benzene rings is 1. The van der Waals surface area contributed by atoms with Crippen LogP contribution in [0.2, 0.25) is 0 Å². The van der Waals surface area contributed by atoms with Crippen molar-refractivity contribution in [3.63, 3.8) is 0 Å². The Morgan fingerprint density at radius 2 is 1.74 bits per heavy atom. The molecule has 0 aromatic heterocycles. The smallest absolute Gasteiger partial charge is 0.244 e. The Labute approximate surface area is 113 Å². The van der Waals surface area contributed by atoms with Crippen LogP contribution in [0.1, 0.15) is 18.1 Å². The standard InChI is InChI=1S/C12H19N3O3S/c1-4-15(7-11(14)16)19(17,18)12-8(2)5-10(13)6-9(12)3/h5-6H,4,7,13H2,1-3H3,(H2,14,16). The molecule has 0 fully saturated rings. The molecular weight excluding hydrogens is 266 g/mol. The molecule has 19 heavy (non-hydrogen) atoms. The number of amides is 1. The fourth-order valence-corrected chi connectivity index (χ4v) is 3.89. The van der Waals surface area contributed by atoms with Gasteiger partial charge in [-0.2, -0.15) is 4.31 Å². The summed E-state index contributed by atoms with van der Waals surface area (Å²) >= 11 is 0. The third-order valence-electron chi connectivity index (χ3n) is 2.77. The molecule has 0 spiro atoms. The number of primary amides is 1. The van der Waals surface area contributed by atoms with Crippen molar-refractivity contribution in [1.82, 2.24) is 4.31 Å². The highest BCUT2D eigenvalue weighted by Gasteiger charge is 2.27. The predicted octanol–water partition coefficient (Wildman–Crippen LogP) is 0.382. The van der Waals surface area contributed by atoms with E-state index < -0.39 is 15.9 Å². The van der Waals surface area contributed by atoms with Gasteiger partial charge in [-0.05, 0) is 37.1 Å². The molecule has 0 saturated heterocycles. The Morgan fingerprint density at radius 1 is 1.26 bits per heavy atom. The van der Waals surface area contributed by atoms with Gasteiger partial charge in [0.05, 0.1) is 11.4 Å². The Bertz CT molecular complexity index is 573. The van der Waals surface area contributed by atoms with Crippen LogP contribution in [-0.2, 0) is 14.8 Å². The number of likely N-dealkylation sites (N-methyl/N-ethyl adjacent to an activating group) is 1. The number of nitrogens with two attached hydrogens (primary N) is 2. The molecule has 4 N–H and O–H groups in total. The predicted molar refractivity (Wildman–Crippen MR) is 74.0 cm³/mol. The SMILES string of the molecule is CCN(CC(N)=O)S(=O)(=O)c1c(C)cc(N)cc1C. The van der Waals surface area contributed by atoms with E-state index in [1.54, 1.807) is 32.9 Å². The summed E-state index contributed by atoms with van der Waals surface area (Å²) in [5.41, 5.74) is 12.4. The molecule has 7 heteroatoms. The quantitative estimate of drug-likeness (QED) is 0.763. The maximum atomic E-state index is 12.5. The highest BCUT2D eigenvalue weighted by atomic mass is 32.2. The zero-order valence-electron chi connectivity index (χ0n) is 11.3. The summed E-state index contributed by atoms with van der Waals surface area (Å²) in [5.74, 6) is -0.684. The molecule has 0 heterocycles. The lowest BCUT2D eigenvalue weighted by atomic mass is 10.1. The molecule has 0 aliphatic carbocycles. The van der Waals surface area contributed by atoms with E-state index in [1.807, 2.05) is 0 Å². The summed E-state index contributed by atoms with van der Waals surface area (Å²) in [6.07, 6.45) is 0. The zero-order chi connectivity index (χ0) is 14.8. The molecule has 1 aromatic carbocycles. The highest BCUT2D eigenvalue weighted by Crippen LogP contribution is 2.25. The number of rotatable bonds is 5. The van der Waals surface area contributed by atoms with Gasteiger partial charge in [0.15, 0.2) is 0 Å². The van der Waals surface area contributed by atoms with Gasteiger partial charge in [-0.25, -0.2) is 8.42 Å². The molecule has 0 saturated carbocycles. The molecule has 0 radical (unpaired) electrons. The van der Waals surface area contributed by atoms with Crippen LogP contribution in [0.5, 0.6) is 0 Å². The van der Waals surface area contributed by atoms with E-state index in [1.165, 1.54) is 0 Å². The minimum Gasteiger partial charge on any atom is -0.399 e. The molecule has 0 aliphatic heterocycles. The molecule has 6 nitrogen and oxygen atoms in total. The molecule has 106 valence electrons. The van der Waals surface area contributed by atoms with Crippen molar-refractivity contribution in [2.75, 3.05) is 18.8 Å². The number of nitrogen functional groups attached to an aromatic ring is 1. The Balaban J connectivity index is 3.38. The topological polar surface area (TPSA) is 106 Å². The highest BCUT2D eigenvalue weighted by molar-refractivity contribution is 7.89. The Hall–Kier alpha value is -1.60. The summed E-state index contributed by atoms with van der Waals surface area (Å²) in [5, 5.41) is 0. The second kappa shape index (κ2) is 5.58. The molecule has 0 atom stereocenters. The monoisotopic (exact) mass is 285 g/mol. The van der Waals surface area contributed by atoms with Gasteiger partial charge < -0.3 is 11.5 Å². The first-order chi connectivity index (χ1) is 8.70. The van der Waals surface area contributed by atoms with E-state index >= 15 is 0 Å². The number of aryl methyl sites for hydroxylation is 2. The van der Waals surface area contributed by atoms with Gasteiger partial charge >= 0.3 is 0 Å². The van der Waals surface area contributed by atoms with E-state index in [4.69, 9.17) is 11.5 Å². The van der Waals surface area contributed by atoms with Gasteiger partial charge in [-0.1, -0.05) is 6.92 Å². The lowest BCUT2D eigenvalue weighted by molar-refractivity contribution is -0.118. The average Bonchev–Trinajstić information content (AvgIpc) is 2.23. The van der Waals surface area contributed by atoms with Crippen molar-refractivity contribution in [2.45, 2.75) is 25.7 Å². The van der Waals surface area contributed by atoms with Crippen LogP contribution in [0.3, 0.4) is 0 Å². The summed E-state index contributed by atoms with van der Waals surface area (Å²) in [6, 6.07) is 3.19. The van der Waals surface area contributed by atoms with Crippen LogP contribution in [0.25, 0.3) is 0 Å². The van der Waals surface area contributed by atoms with Crippen LogP contribution in [0.4, 0.5) is 5.69 Å². The van der Waals surface area contributed by atoms with Gasteiger partial charge in [-0.3, -0.25) is 4.79 Å². The lowest BCUT2D eigenvalue weighted by Crippen LogP contribution is -2.38. The summed E-state index contributed by atoms with van der Waals surface area (Å²) in [4.78, 5) is 11.2. The molecule has 0 unspecified atom stereocenters. The fraction of sp³-hybridized carbons (Fsp3) is 0.417. The lowest BCUT2D eigenvalue weighted by Gasteiger charge is -2.21. The van der Waals surface area contributed by atoms with Gasteiger partial charge in [-0.15, -0.1) is 0 Å². The van der Waals surface area contributed by atoms with E-state index in [0.29, 0.717) is 16.8 Å². The number of nitrogens with zero attached hydrogens (tertiary/aromatic N) is 1. The van der Waals surface area contributed by atoms with E-state index in [-0.39, 0.29) is 18.0 Å². The van der Waals surface area contributed by atoms with Crippen molar-refractivity contribution in [1.29, 1.82) is 0 Å². The van der Waals surface area contributed by atoms with E-state index in [9.17, 15) is 13.2 Å². The second-order valence-electron chi connectivity index (χ2n) is 4.38. The number of anilines is 1. The van der Waals surface area contributed by atoms with Crippen LogP contribution in [-0.4, -0.2) is 31.7 Å². The van der Waals surface area contributed by atoms with Gasteiger partial charge in [0.1, 0.15) is 0 Å². The van der Waals surface area contributed by atoms with E-state index in [0.717, 1.165) is 4.31 Å². The third-order valence-corrected chi connectivity index (χ3v) is 4.99. The van der Waals surface area contributed by atoms with E-state index in [2.05, 4.69) is 0 Å². The molecule has 0 bridgehead atoms. The number of carbonyl (C=O) groups is 1. The number of sulfonamides is 1. The first-order valence-electron chi connectivity index (χ1n) is 5.85. The second-order valence-corrected chi connectivity index (χ2v) is 6.26. The fourth-order valence-electron chi connectivity index (χ4n) is 2.06. The average molecular weight is 285 g/mol. The Kier molecular flexibility index (Phi) is 4.54. The first kappa shape index (κ1) is 15.5. The summed E-state index contributed by atoms with van der Waals surface area (Å²) in [6.45, 7) is 4.85. The molecule has 1 rings (SSSR count). The van der Waals surface area contributed by atoms with Crippen molar-refractivity contribution < 1.29 is 13.2 Å². The zero-order valence-corrected chi connectivity index (χ0v) is 12.1. The summed E-state index contributed by atoms with van der Waals surface area (Å²) < 4.78 is 26.1. The third kappa shape index (κ3) is 3.24. The van der Waals surface area contributed by atoms with Gasteiger partial charge in [0.2, 0.25) is 15.9 Å². The minimum absolute atomic E-state index is 0.175. The maximum Gasteiger partial charge on any atom is 0.244 e. The van der Waals surface area contributed by atoms with Crippen molar-refractivity contribution in [3.8, 4) is 0 Å². The van der Waals surface area contributed by atoms with Crippen molar-refractivity contribution in [2.24, 2.45) is 5.73 Å². The molecule has 1 aromatic rings. The van der Waals surface area contributed by atoms with Crippen LogP contribution < -0.4 is 11.5 Å². The molecule has 0 aliphatic rings. The summed E-state index contributed by atoms with van der Waals surface area (Å²) in [7, 11) is -3.75. The van der Waals surface area contributed by atoms with Gasteiger partial charge in [0, 0.05) is 12.2 Å². The van der Waals surface area contributed by atoms with Crippen LogP contribution >= 0.6 is 0 Å². The maximum absolute atomic E-state index is 12.5. The van der Waals surface area contributed by atoms with Crippen molar-refractivity contribution >= 4 is 21.6 Å². The number of hydrogen-bond donors (Lipinski definition) is 2. The van der Waals surface area contributed by atoms with Crippen LogP contribution in [0, 0.1) is 13.8 Å². The largest absolute Gasteiger partial charge is 0.399 e. The van der Waals surface area contributed by atoms with Crippen LogP contribution in [0.15, 0.2) is 17.0 Å². The molecule has 1 amide bonds. The van der Waals surface area contributed by atoms with Gasteiger partial charge in [0.25, 0.3) is 0 Å². The Morgan fingerprint density at radius 3 is 2.11 bits per heavy atom. The normalized spacial score (nSPS) is 11.8.